The van der Waals surface area contributed by atoms with Crippen molar-refractivity contribution in [2.24, 2.45) is 11.8 Å². The van der Waals surface area contributed by atoms with E-state index in [0.29, 0.717) is 12.8 Å². The van der Waals surface area contributed by atoms with Crippen molar-refractivity contribution < 1.29 is 27.9 Å². The molecule has 2 aliphatic rings. The third-order valence-electron chi connectivity index (χ3n) is 3.81. The van der Waals surface area contributed by atoms with Crippen molar-refractivity contribution in [2.75, 3.05) is 0 Å². The van der Waals surface area contributed by atoms with Gasteiger partial charge in [0.2, 0.25) is 5.91 Å². The lowest BCUT2D eigenvalue weighted by Gasteiger charge is -2.22. The van der Waals surface area contributed by atoms with Crippen LogP contribution in [-0.2, 0) is 9.59 Å². The molecule has 2 atom stereocenters. The molecular weight excluding hydrogens is 251 g/mol. The molecule has 7 heteroatoms. The van der Waals surface area contributed by atoms with Crippen molar-refractivity contribution in [1.29, 1.82) is 0 Å². The topological polar surface area (TPSA) is 66.4 Å². The minimum Gasteiger partial charge on any atom is -0.481 e. The van der Waals surface area contributed by atoms with Crippen molar-refractivity contribution in [1.82, 2.24) is 5.32 Å². The van der Waals surface area contributed by atoms with Gasteiger partial charge in [0.1, 0.15) is 5.54 Å². The second-order valence-corrected chi connectivity index (χ2v) is 5.11. The third-order valence-corrected chi connectivity index (χ3v) is 3.81. The van der Waals surface area contributed by atoms with Crippen LogP contribution in [0.3, 0.4) is 0 Å². The highest BCUT2D eigenvalue weighted by atomic mass is 19.4. The van der Waals surface area contributed by atoms with Crippen molar-refractivity contribution in [3.05, 3.63) is 0 Å². The average molecular weight is 265 g/mol. The normalized spacial score (nSPS) is 29.9. The van der Waals surface area contributed by atoms with E-state index in [1.807, 2.05) is 0 Å². The molecule has 0 spiro atoms. The number of alkyl halides is 3. The molecule has 2 fully saturated rings. The maximum Gasteiger partial charge on any atom is 0.411 e. The summed E-state index contributed by atoms with van der Waals surface area (Å²) >= 11 is 0. The standard InChI is InChI=1S/C11H14F3NO3/c12-11(13,14)10(3-4-10)15-8(16)6-1-2-7(5-6)9(17)18/h6-7H,1-5H2,(H,15,16)(H,17,18)/t6-,7+/m1/s1. The summed E-state index contributed by atoms with van der Waals surface area (Å²) in [5.74, 6) is -2.86. The van der Waals surface area contributed by atoms with E-state index in [1.165, 1.54) is 0 Å². The number of nitrogens with one attached hydrogen (secondary N) is 1. The first-order valence-electron chi connectivity index (χ1n) is 5.87. The highest BCUT2D eigenvalue weighted by Crippen LogP contribution is 2.49. The lowest BCUT2D eigenvalue weighted by atomic mass is 10.0. The van der Waals surface area contributed by atoms with Crippen LogP contribution >= 0.6 is 0 Å². The second kappa shape index (κ2) is 4.13. The van der Waals surface area contributed by atoms with E-state index in [9.17, 15) is 22.8 Å². The lowest BCUT2D eigenvalue weighted by molar-refractivity contribution is -0.171. The number of hydrogen-bond donors (Lipinski definition) is 2. The highest BCUT2D eigenvalue weighted by molar-refractivity contribution is 5.82. The maximum absolute atomic E-state index is 12.6. The molecule has 2 aliphatic carbocycles. The largest absolute Gasteiger partial charge is 0.481 e. The monoisotopic (exact) mass is 265 g/mol. The molecule has 1 amide bonds. The average Bonchev–Trinajstić information content (AvgIpc) is 2.87. The van der Waals surface area contributed by atoms with E-state index in [0.717, 1.165) is 0 Å². The number of carboxylic acid groups (broad SMARTS) is 1. The van der Waals surface area contributed by atoms with E-state index in [4.69, 9.17) is 5.11 Å². The number of carboxylic acids is 1. The fourth-order valence-corrected chi connectivity index (χ4v) is 2.39. The van der Waals surface area contributed by atoms with Crippen molar-refractivity contribution >= 4 is 11.9 Å². The summed E-state index contributed by atoms with van der Waals surface area (Å²) in [5, 5.41) is 10.8. The van der Waals surface area contributed by atoms with Gasteiger partial charge < -0.3 is 10.4 Å². The van der Waals surface area contributed by atoms with Crippen molar-refractivity contribution in [2.45, 2.75) is 43.8 Å². The van der Waals surface area contributed by atoms with Gasteiger partial charge in [0.15, 0.2) is 0 Å². The molecule has 0 aliphatic heterocycles. The van der Waals surface area contributed by atoms with Gasteiger partial charge in [0, 0.05) is 5.92 Å². The number of carbonyl (C=O) groups is 2. The van der Waals surface area contributed by atoms with Gasteiger partial charge in [-0.15, -0.1) is 0 Å². The number of aliphatic carboxylic acids is 1. The predicted molar refractivity (Wildman–Crippen MR) is 54.6 cm³/mol. The summed E-state index contributed by atoms with van der Waals surface area (Å²) in [6.07, 6.45) is -3.76. The molecule has 2 saturated carbocycles. The van der Waals surface area contributed by atoms with Gasteiger partial charge in [0.05, 0.1) is 5.92 Å². The summed E-state index contributed by atoms with van der Waals surface area (Å²) in [4.78, 5) is 22.4. The molecule has 2 N–H and O–H groups in total. The van der Waals surface area contributed by atoms with Crippen LogP contribution in [0.5, 0.6) is 0 Å². The van der Waals surface area contributed by atoms with Gasteiger partial charge in [-0.1, -0.05) is 0 Å². The summed E-state index contributed by atoms with van der Waals surface area (Å²) in [6, 6.07) is 0. The minimum absolute atomic E-state index is 0.0860. The Hall–Kier alpha value is -1.27. The van der Waals surface area contributed by atoms with Crippen LogP contribution < -0.4 is 5.32 Å². The number of rotatable bonds is 3. The fourth-order valence-electron chi connectivity index (χ4n) is 2.39. The minimum atomic E-state index is -4.42. The molecule has 0 aromatic rings. The summed E-state index contributed by atoms with van der Waals surface area (Å²) in [6.45, 7) is 0. The second-order valence-electron chi connectivity index (χ2n) is 5.11. The molecular formula is C11H14F3NO3. The van der Waals surface area contributed by atoms with E-state index in [1.54, 1.807) is 0 Å². The third kappa shape index (κ3) is 2.30. The first kappa shape index (κ1) is 13.2. The van der Waals surface area contributed by atoms with Gasteiger partial charge in [-0.3, -0.25) is 9.59 Å². The zero-order valence-corrected chi connectivity index (χ0v) is 9.59. The smallest absolute Gasteiger partial charge is 0.411 e. The fraction of sp³-hybridized carbons (Fsp3) is 0.818. The number of carbonyl (C=O) groups excluding carboxylic acids is 1. The van der Waals surface area contributed by atoms with Crippen LogP contribution in [0.4, 0.5) is 13.2 Å². The van der Waals surface area contributed by atoms with E-state index < -0.39 is 35.4 Å². The summed E-state index contributed by atoms with van der Waals surface area (Å²) in [7, 11) is 0. The van der Waals surface area contributed by atoms with Crippen molar-refractivity contribution in [3.8, 4) is 0 Å². The van der Waals surface area contributed by atoms with Gasteiger partial charge >= 0.3 is 12.1 Å². The zero-order chi connectivity index (χ0) is 13.6. The van der Waals surface area contributed by atoms with Crippen molar-refractivity contribution in [3.63, 3.8) is 0 Å². The van der Waals surface area contributed by atoms with Crippen LogP contribution in [0.2, 0.25) is 0 Å². The first-order valence-corrected chi connectivity index (χ1v) is 5.87. The Balaban J connectivity index is 1.92. The van der Waals surface area contributed by atoms with E-state index in [2.05, 4.69) is 5.32 Å². The SMILES string of the molecule is O=C(O)[C@H]1CC[C@@H](C(=O)NC2(C(F)(F)F)CC2)C1. The molecule has 4 nitrogen and oxygen atoms in total. The number of hydrogen-bond acceptors (Lipinski definition) is 2. The maximum atomic E-state index is 12.6. The molecule has 0 aromatic heterocycles. The molecule has 0 aromatic carbocycles. The quantitative estimate of drug-likeness (QED) is 0.816. The van der Waals surface area contributed by atoms with E-state index >= 15 is 0 Å². The van der Waals surface area contributed by atoms with Gasteiger partial charge in [0.25, 0.3) is 0 Å². The highest BCUT2D eigenvalue weighted by Gasteiger charge is 2.64. The zero-order valence-electron chi connectivity index (χ0n) is 9.59. The first-order chi connectivity index (χ1) is 8.25. The molecule has 18 heavy (non-hydrogen) atoms. The Labute approximate surface area is 102 Å². The number of halogens is 3. The summed E-state index contributed by atoms with van der Waals surface area (Å²) < 4.78 is 37.9. The molecule has 0 bridgehead atoms. The lowest BCUT2D eigenvalue weighted by Crippen LogP contribution is -2.49. The summed E-state index contributed by atoms with van der Waals surface area (Å²) in [5.41, 5.74) is -2.05. The van der Waals surface area contributed by atoms with Crippen LogP contribution in [0.1, 0.15) is 32.1 Å². The van der Waals surface area contributed by atoms with E-state index in [-0.39, 0.29) is 19.3 Å². The molecule has 2 rings (SSSR count). The predicted octanol–water partition coefficient (Wildman–Crippen LogP) is 1.70. The Morgan fingerprint density at radius 1 is 1.17 bits per heavy atom. The van der Waals surface area contributed by atoms with Gasteiger partial charge in [-0.05, 0) is 32.1 Å². The van der Waals surface area contributed by atoms with Crippen LogP contribution in [-0.4, -0.2) is 28.7 Å². The molecule has 0 heterocycles. The molecule has 0 unspecified atom stereocenters. The number of amides is 1. The molecule has 102 valence electrons. The molecule has 0 radical (unpaired) electrons. The van der Waals surface area contributed by atoms with Gasteiger partial charge in [-0.2, -0.15) is 13.2 Å². The van der Waals surface area contributed by atoms with Crippen LogP contribution in [0.25, 0.3) is 0 Å². The Morgan fingerprint density at radius 3 is 2.11 bits per heavy atom. The Morgan fingerprint density at radius 2 is 1.72 bits per heavy atom. The Kier molecular flexibility index (Phi) is 3.03. The molecule has 0 saturated heterocycles. The van der Waals surface area contributed by atoms with Gasteiger partial charge in [-0.25, -0.2) is 0 Å². The van der Waals surface area contributed by atoms with Crippen LogP contribution in [0.15, 0.2) is 0 Å². The Bertz CT molecular complexity index is 376. The van der Waals surface area contributed by atoms with Crippen LogP contribution in [0, 0.1) is 11.8 Å².